The van der Waals surface area contributed by atoms with Crippen molar-refractivity contribution in [1.82, 2.24) is 14.9 Å². The van der Waals surface area contributed by atoms with E-state index < -0.39 is 6.04 Å². The molecule has 2 aliphatic heterocycles. The van der Waals surface area contributed by atoms with E-state index in [0.29, 0.717) is 34.0 Å². The lowest BCUT2D eigenvalue weighted by molar-refractivity contribution is -0.134. The zero-order chi connectivity index (χ0) is 27.6. The van der Waals surface area contributed by atoms with Crippen LogP contribution in [0.15, 0.2) is 82.7 Å². The largest absolute Gasteiger partial charge is 0.496 e. The van der Waals surface area contributed by atoms with Crippen LogP contribution in [0.5, 0.6) is 5.75 Å². The Morgan fingerprint density at radius 2 is 1.75 bits per heavy atom. The van der Waals surface area contributed by atoms with Gasteiger partial charge in [-0.3, -0.25) is 14.5 Å². The van der Waals surface area contributed by atoms with Gasteiger partial charge in [0.2, 0.25) is 0 Å². The van der Waals surface area contributed by atoms with Crippen LogP contribution in [0.3, 0.4) is 0 Å². The van der Waals surface area contributed by atoms with Crippen LogP contribution >= 0.6 is 11.6 Å². The molecule has 6 rings (SSSR count). The summed E-state index contributed by atoms with van der Waals surface area (Å²) >= 11 is 6.43. The van der Waals surface area contributed by atoms with E-state index in [2.05, 4.69) is 9.88 Å². The van der Waals surface area contributed by atoms with Crippen LogP contribution in [0.4, 0.5) is 0 Å². The second-order valence-electron chi connectivity index (χ2n) is 10.3. The minimum atomic E-state index is -0.401. The summed E-state index contributed by atoms with van der Waals surface area (Å²) in [7, 11) is 1.63. The monoisotopic (exact) mass is 554 g/mol. The highest BCUT2D eigenvalue weighted by molar-refractivity contribution is 6.31. The molecule has 204 valence electrons. The first-order valence-electron chi connectivity index (χ1n) is 13.7. The highest BCUT2D eigenvalue weighted by Crippen LogP contribution is 2.40. The smallest absolute Gasteiger partial charge is 0.258 e. The summed E-state index contributed by atoms with van der Waals surface area (Å²) < 4.78 is 5.68. The Labute approximate surface area is 238 Å². The van der Waals surface area contributed by atoms with Crippen LogP contribution < -0.4 is 10.3 Å². The van der Waals surface area contributed by atoms with Gasteiger partial charge in [-0.25, -0.2) is 5.01 Å². The second-order valence-corrected chi connectivity index (χ2v) is 10.8. The van der Waals surface area contributed by atoms with Crippen LogP contribution in [0.1, 0.15) is 42.9 Å². The molecule has 3 aromatic carbocycles. The zero-order valence-corrected chi connectivity index (χ0v) is 23.2. The Hall–Kier alpha value is -3.94. The van der Waals surface area contributed by atoms with Crippen molar-refractivity contribution in [2.24, 2.45) is 5.10 Å². The van der Waals surface area contributed by atoms with Crippen molar-refractivity contribution in [3.05, 3.63) is 99.3 Å². The van der Waals surface area contributed by atoms with E-state index in [1.165, 1.54) is 6.42 Å². The summed E-state index contributed by atoms with van der Waals surface area (Å²) in [6.07, 6.45) is 3.75. The highest BCUT2D eigenvalue weighted by atomic mass is 35.5. The summed E-state index contributed by atoms with van der Waals surface area (Å²) in [6, 6.07) is 22.5. The number of nitrogens with zero attached hydrogens (tertiary/aromatic N) is 3. The third-order valence-electron chi connectivity index (χ3n) is 7.80. The highest BCUT2D eigenvalue weighted by Gasteiger charge is 2.37. The number of hydrogen-bond donors (Lipinski definition) is 1. The fraction of sp³-hybridized carbons (Fsp3) is 0.281. The van der Waals surface area contributed by atoms with E-state index in [4.69, 9.17) is 21.4 Å². The van der Waals surface area contributed by atoms with Gasteiger partial charge in [0, 0.05) is 33.5 Å². The van der Waals surface area contributed by atoms with Crippen LogP contribution in [-0.4, -0.2) is 53.3 Å². The number of nitrogens with one attached hydrogen (secondary N) is 1. The predicted molar refractivity (Wildman–Crippen MR) is 159 cm³/mol. The average Bonchev–Trinajstić information content (AvgIpc) is 3.42. The topological polar surface area (TPSA) is 78.0 Å². The van der Waals surface area contributed by atoms with E-state index in [0.717, 1.165) is 48.0 Å². The van der Waals surface area contributed by atoms with Gasteiger partial charge in [0.1, 0.15) is 5.75 Å². The van der Waals surface area contributed by atoms with Crippen LogP contribution in [-0.2, 0) is 4.79 Å². The van der Waals surface area contributed by atoms with Gasteiger partial charge in [0.05, 0.1) is 31.0 Å². The molecule has 0 aliphatic carbocycles. The molecule has 7 nitrogen and oxygen atoms in total. The van der Waals surface area contributed by atoms with Crippen molar-refractivity contribution in [3.63, 3.8) is 0 Å². The molecule has 40 heavy (non-hydrogen) atoms. The molecule has 0 spiro atoms. The number of rotatable bonds is 6. The molecule has 1 aromatic heterocycles. The molecular weight excluding hydrogens is 524 g/mol. The van der Waals surface area contributed by atoms with Gasteiger partial charge in [0.25, 0.3) is 11.5 Å². The molecule has 1 saturated heterocycles. The van der Waals surface area contributed by atoms with E-state index in [1.54, 1.807) is 18.2 Å². The number of likely N-dealkylation sites (tertiary alicyclic amines) is 1. The molecule has 4 aromatic rings. The molecule has 0 saturated carbocycles. The molecule has 2 aliphatic rings. The Morgan fingerprint density at radius 3 is 2.52 bits per heavy atom. The molecule has 1 fully saturated rings. The number of carbonyl (C=O) groups excluding carboxylic acids is 1. The Kier molecular flexibility index (Phi) is 7.41. The normalized spacial score (nSPS) is 17.7. The number of hydrazone groups is 1. The number of para-hydroxylation sites is 1. The number of carbonyl (C=O) groups is 1. The summed E-state index contributed by atoms with van der Waals surface area (Å²) in [4.78, 5) is 32.8. The lowest BCUT2D eigenvalue weighted by Crippen LogP contribution is -2.40. The summed E-state index contributed by atoms with van der Waals surface area (Å²) in [5.74, 6) is 0.594. The number of amides is 1. The van der Waals surface area contributed by atoms with Gasteiger partial charge >= 0.3 is 0 Å². The molecule has 1 amide bonds. The maximum atomic E-state index is 13.8. The zero-order valence-electron chi connectivity index (χ0n) is 22.4. The SMILES string of the molecule is COc1ccccc1[C@@H]1CC(c2c(-c3ccccc3)c3cc(Cl)ccc3[nH]c2=O)=NN1C(=O)CN1CCCCC1. The van der Waals surface area contributed by atoms with Crippen molar-refractivity contribution < 1.29 is 9.53 Å². The maximum Gasteiger partial charge on any atom is 0.258 e. The molecule has 0 radical (unpaired) electrons. The summed E-state index contributed by atoms with van der Waals surface area (Å²) in [5, 5.41) is 7.86. The number of fused-ring (bicyclic) bond motifs is 1. The summed E-state index contributed by atoms with van der Waals surface area (Å²) in [6.45, 7) is 2.09. The maximum absolute atomic E-state index is 13.8. The van der Waals surface area contributed by atoms with E-state index in [1.807, 2.05) is 66.7 Å². The number of pyridine rings is 1. The molecule has 3 heterocycles. The number of H-pyrrole nitrogens is 1. The third kappa shape index (κ3) is 5.03. The molecule has 8 heteroatoms. The number of aromatic amines is 1. The molecule has 0 bridgehead atoms. The predicted octanol–water partition coefficient (Wildman–Crippen LogP) is 6.02. The number of methoxy groups -OCH3 is 1. The number of ether oxygens (including phenoxy) is 1. The van der Waals surface area contributed by atoms with E-state index in [-0.39, 0.29) is 18.0 Å². The van der Waals surface area contributed by atoms with Crippen LogP contribution in [0.25, 0.3) is 22.0 Å². The average molecular weight is 555 g/mol. The lowest BCUT2D eigenvalue weighted by Gasteiger charge is -2.29. The lowest BCUT2D eigenvalue weighted by atomic mass is 9.91. The van der Waals surface area contributed by atoms with Gasteiger partial charge in [-0.1, -0.05) is 66.6 Å². The number of aromatic nitrogens is 1. The second kappa shape index (κ2) is 11.3. The molecule has 0 unspecified atom stereocenters. The van der Waals surface area contributed by atoms with Crippen LogP contribution in [0.2, 0.25) is 5.02 Å². The van der Waals surface area contributed by atoms with E-state index in [9.17, 15) is 9.59 Å². The Balaban J connectivity index is 1.51. The van der Waals surface area contributed by atoms with Crippen molar-refractivity contribution in [3.8, 4) is 16.9 Å². The van der Waals surface area contributed by atoms with Crippen molar-refractivity contribution >= 4 is 34.1 Å². The number of halogens is 1. The Morgan fingerprint density at radius 1 is 1.00 bits per heavy atom. The minimum absolute atomic E-state index is 0.0886. The van der Waals surface area contributed by atoms with Crippen LogP contribution in [0, 0.1) is 0 Å². The minimum Gasteiger partial charge on any atom is -0.496 e. The van der Waals surface area contributed by atoms with E-state index >= 15 is 0 Å². The fourth-order valence-corrected chi connectivity index (χ4v) is 6.07. The molecular formula is C32H31ClN4O3. The Bertz CT molecular complexity index is 1640. The fourth-order valence-electron chi connectivity index (χ4n) is 5.90. The van der Waals surface area contributed by atoms with Crippen molar-refractivity contribution in [2.45, 2.75) is 31.7 Å². The third-order valence-corrected chi connectivity index (χ3v) is 8.03. The standard InChI is InChI=1S/C32H31ClN4O3/c1-40-28-13-7-6-12-23(28)27-19-26(35-37(27)29(38)20-36-16-8-3-9-17-36)31-30(21-10-4-2-5-11-21)24-18-22(33)14-15-25(24)34-32(31)39/h2,4-7,10-15,18,27H,3,8-9,16-17,19-20H2,1H3,(H,34,39)/t27-/m0/s1. The van der Waals surface area contributed by atoms with Gasteiger partial charge in [-0.05, 0) is 55.8 Å². The number of hydrogen-bond acceptors (Lipinski definition) is 5. The first-order chi connectivity index (χ1) is 19.5. The van der Waals surface area contributed by atoms with Gasteiger partial charge in [0.15, 0.2) is 0 Å². The number of benzene rings is 3. The number of piperidine rings is 1. The first kappa shape index (κ1) is 26.3. The van der Waals surface area contributed by atoms with Crippen molar-refractivity contribution in [1.29, 1.82) is 0 Å². The van der Waals surface area contributed by atoms with Gasteiger partial charge < -0.3 is 9.72 Å². The van der Waals surface area contributed by atoms with Gasteiger partial charge in [-0.15, -0.1) is 0 Å². The molecule has 1 N–H and O–H groups in total. The quantitative estimate of drug-likeness (QED) is 0.316. The van der Waals surface area contributed by atoms with Gasteiger partial charge in [-0.2, -0.15) is 5.10 Å². The summed E-state index contributed by atoms with van der Waals surface area (Å²) in [5.41, 5.74) is 3.94. The first-order valence-corrected chi connectivity index (χ1v) is 14.1. The van der Waals surface area contributed by atoms with Crippen molar-refractivity contribution in [2.75, 3.05) is 26.7 Å². The molecule has 1 atom stereocenters.